The van der Waals surface area contributed by atoms with Crippen LogP contribution in [-0.2, 0) is 6.54 Å². The molecule has 2 N–H and O–H groups in total. The van der Waals surface area contributed by atoms with E-state index >= 15 is 0 Å². The van der Waals surface area contributed by atoms with Gasteiger partial charge >= 0.3 is 0 Å². The number of hydrazine groups is 1. The first-order valence-electron chi connectivity index (χ1n) is 11.3. The maximum absolute atomic E-state index is 5.65. The van der Waals surface area contributed by atoms with Crippen LogP contribution in [0.5, 0.6) is 17.2 Å². The quantitative estimate of drug-likeness (QED) is 0.581. The summed E-state index contributed by atoms with van der Waals surface area (Å²) in [6, 6.07) is 21.8. The van der Waals surface area contributed by atoms with Crippen molar-refractivity contribution < 1.29 is 14.2 Å². The van der Waals surface area contributed by atoms with Gasteiger partial charge in [0.2, 0.25) is 0 Å². The van der Waals surface area contributed by atoms with Crippen molar-refractivity contribution in [2.75, 3.05) is 32.8 Å². The highest BCUT2D eigenvalue weighted by atomic mass is 16.5. The fourth-order valence-electron chi connectivity index (χ4n) is 5.07. The molecule has 3 unspecified atom stereocenters. The van der Waals surface area contributed by atoms with E-state index in [2.05, 4.69) is 71.2 Å². The molecule has 5 rings (SSSR count). The lowest BCUT2D eigenvalue weighted by atomic mass is 9.81. The SMILES string of the molecule is COc1ccc(CN2CC3C(c4ccc(C)cc4)NNC3c3cc(OC)c(OC)cc32)cc1. The smallest absolute Gasteiger partial charge is 0.162 e. The first kappa shape index (κ1) is 21.6. The van der Waals surface area contributed by atoms with Crippen LogP contribution in [0.1, 0.15) is 34.3 Å². The molecular formula is C27H31N3O3. The maximum Gasteiger partial charge on any atom is 0.162 e. The molecule has 0 spiro atoms. The number of aryl methyl sites for hydroxylation is 1. The number of methoxy groups -OCH3 is 3. The molecule has 2 heterocycles. The van der Waals surface area contributed by atoms with Gasteiger partial charge in [0.1, 0.15) is 5.75 Å². The molecule has 0 radical (unpaired) electrons. The Balaban J connectivity index is 1.54. The molecule has 3 aromatic rings. The number of nitrogens with one attached hydrogen (secondary N) is 2. The summed E-state index contributed by atoms with van der Waals surface area (Å²) in [6.45, 7) is 3.84. The van der Waals surface area contributed by atoms with Gasteiger partial charge in [-0.05, 0) is 41.8 Å². The molecule has 2 aliphatic heterocycles. The number of hydrogen-bond donors (Lipinski definition) is 2. The van der Waals surface area contributed by atoms with E-state index in [1.54, 1.807) is 21.3 Å². The molecule has 2 aliphatic rings. The minimum atomic E-state index is 0.179. The Hall–Kier alpha value is -3.22. The summed E-state index contributed by atoms with van der Waals surface area (Å²) >= 11 is 0. The first-order valence-corrected chi connectivity index (χ1v) is 11.3. The fourth-order valence-corrected chi connectivity index (χ4v) is 5.07. The van der Waals surface area contributed by atoms with Gasteiger partial charge in [-0.3, -0.25) is 0 Å². The van der Waals surface area contributed by atoms with Gasteiger partial charge in [0, 0.05) is 30.8 Å². The second-order valence-electron chi connectivity index (χ2n) is 8.81. The van der Waals surface area contributed by atoms with Crippen LogP contribution in [0.3, 0.4) is 0 Å². The van der Waals surface area contributed by atoms with Crippen LogP contribution in [0.25, 0.3) is 0 Å². The van der Waals surface area contributed by atoms with Crippen LogP contribution in [-0.4, -0.2) is 27.9 Å². The Morgan fingerprint density at radius 2 is 1.48 bits per heavy atom. The van der Waals surface area contributed by atoms with Crippen molar-refractivity contribution in [3.05, 3.63) is 82.9 Å². The molecule has 3 aromatic carbocycles. The van der Waals surface area contributed by atoms with Crippen LogP contribution in [0.4, 0.5) is 5.69 Å². The Morgan fingerprint density at radius 3 is 2.15 bits per heavy atom. The Labute approximate surface area is 195 Å². The van der Waals surface area contributed by atoms with Gasteiger partial charge < -0.3 is 19.1 Å². The number of rotatable bonds is 6. The summed E-state index contributed by atoms with van der Waals surface area (Å²) in [4.78, 5) is 2.45. The van der Waals surface area contributed by atoms with Crippen LogP contribution in [0.15, 0.2) is 60.7 Å². The van der Waals surface area contributed by atoms with Crippen molar-refractivity contribution in [2.24, 2.45) is 5.92 Å². The third-order valence-corrected chi connectivity index (χ3v) is 6.86. The Morgan fingerprint density at radius 1 is 0.818 bits per heavy atom. The largest absolute Gasteiger partial charge is 0.497 e. The highest BCUT2D eigenvalue weighted by Crippen LogP contribution is 2.48. The molecule has 0 saturated carbocycles. The van der Waals surface area contributed by atoms with E-state index in [4.69, 9.17) is 14.2 Å². The summed E-state index contributed by atoms with van der Waals surface area (Å²) in [7, 11) is 5.07. The molecule has 0 aliphatic carbocycles. The average molecular weight is 446 g/mol. The summed E-state index contributed by atoms with van der Waals surface area (Å²) in [5.41, 5.74) is 13.4. The number of benzene rings is 3. The second kappa shape index (κ2) is 8.96. The van der Waals surface area contributed by atoms with Crippen molar-refractivity contribution in [2.45, 2.75) is 25.6 Å². The third-order valence-electron chi connectivity index (χ3n) is 6.86. The molecule has 1 saturated heterocycles. The van der Waals surface area contributed by atoms with Gasteiger partial charge in [-0.1, -0.05) is 42.0 Å². The molecular weight excluding hydrogens is 414 g/mol. The van der Waals surface area contributed by atoms with E-state index in [1.165, 1.54) is 27.9 Å². The van der Waals surface area contributed by atoms with Crippen molar-refractivity contribution in [1.29, 1.82) is 0 Å². The highest BCUT2D eigenvalue weighted by molar-refractivity contribution is 5.65. The number of nitrogens with zero attached hydrogens (tertiary/aromatic N) is 1. The van der Waals surface area contributed by atoms with Gasteiger partial charge in [0.15, 0.2) is 11.5 Å². The predicted molar refractivity (Wildman–Crippen MR) is 130 cm³/mol. The van der Waals surface area contributed by atoms with Gasteiger partial charge in [-0.15, -0.1) is 0 Å². The number of hydrogen-bond acceptors (Lipinski definition) is 6. The Kier molecular flexibility index (Phi) is 5.87. The van der Waals surface area contributed by atoms with Gasteiger partial charge in [-0.2, -0.15) is 0 Å². The third kappa shape index (κ3) is 4.01. The molecule has 0 amide bonds. The summed E-state index contributed by atoms with van der Waals surface area (Å²) in [5.74, 6) is 2.72. The van der Waals surface area contributed by atoms with Crippen molar-refractivity contribution in [1.82, 2.24) is 10.9 Å². The summed E-state index contributed by atoms with van der Waals surface area (Å²) in [5, 5.41) is 0. The van der Waals surface area contributed by atoms with Gasteiger partial charge in [0.25, 0.3) is 0 Å². The topological polar surface area (TPSA) is 55.0 Å². The predicted octanol–water partition coefficient (Wildman–Crippen LogP) is 4.55. The monoisotopic (exact) mass is 445 g/mol. The maximum atomic E-state index is 5.65. The molecule has 172 valence electrons. The van der Waals surface area contributed by atoms with Crippen LogP contribution < -0.4 is 30.0 Å². The first-order chi connectivity index (χ1) is 16.1. The van der Waals surface area contributed by atoms with Crippen LogP contribution >= 0.6 is 0 Å². The molecule has 6 heteroatoms. The highest BCUT2D eigenvalue weighted by Gasteiger charge is 2.43. The van der Waals surface area contributed by atoms with E-state index in [0.29, 0.717) is 5.92 Å². The zero-order valence-electron chi connectivity index (χ0n) is 19.6. The van der Waals surface area contributed by atoms with Crippen molar-refractivity contribution in [3.63, 3.8) is 0 Å². The summed E-state index contributed by atoms with van der Waals surface area (Å²) < 4.78 is 16.6. The normalized spacial score (nSPS) is 21.3. The molecule has 0 bridgehead atoms. The summed E-state index contributed by atoms with van der Waals surface area (Å²) in [6.07, 6.45) is 0. The molecule has 33 heavy (non-hydrogen) atoms. The number of anilines is 1. The van der Waals surface area contributed by atoms with E-state index in [-0.39, 0.29) is 12.1 Å². The molecule has 6 nitrogen and oxygen atoms in total. The minimum absolute atomic E-state index is 0.179. The molecule has 3 atom stereocenters. The molecule has 0 aromatic heterocycles. The fraction of sp³-hybridized carbons (Fsp3) is 0.333. The lowest BCUT2D eigenvalue weighted by Gasteiger charge is -2.39. The van der Waals surface area contributed by atoms with Crippen LogP contribution in [0.2, 0.25) is 0 Å². The number of fused-ring (bicyclic) bond motifs is 3. The zero-order chi connectivity index (χ0) is 22.9. The van der Waals surface area contributed by atoms with Crippen LogP contribution in [0, 0.1) is 12.8 Å². The van der Waals surface area contributed by atoms with E-state index < -0.39 is 0 Å². The van der Waals surface area contributed by atoms with E-state index in [1.807, 2.05) is 12.1 Å². The van der Waals surface area contributed by atoms with E-state index in [9.17, 15) is 0 Å². The van der Waals surface area contributed by atoms with Gasteiger partial charge in [-0.25, -0.2) is 10.9 Å². The average Bonchev–Trinajstić information content (AvgIpc) is 3.28. The standard InChI is InChI=1S/C27H31N3O3/c1-17-5-9-19(10-6-17)26-22-16-30(15-18-7-11-20(31-2)12-8-18)23-14-25(33-4)24(32-3)13-21(23)27(22)29-28-26/h5-14,22,26-29H,15-16H2,1-4H3. The Bertz CT molecular complexity index is 1110. The van der Waals surface area contributed by atoms with Crippen molar-refractivity contribution in [3.8, 4) is 17.2 Å². The lowest BCUT2D eigenvalue weighted by molar-refractivity contribution is 0.350. The second-order valence-corrected chi connectivity index (χ2v) is 8.81. The van der Waals surface area contributed by atoms with Crippen molar-refractivity contribution >= 4 is 5.69 Å². The minimum Gasteiger partial charge on any atom is -0.497 e. The zero-order valence-corrected chi connectivity index (χ0v) is 19.6. The lowest BCUT2D eigenvalue weighted by Crippen LogP contribution is -2.39. The number of ether oxygens (including phenoxy) is 3. The van der Waals surface area contributed by atoms with Gasteiger partial charge in [0.05, 0.1) is 33.4 Å². The molecule has 1 fully saturated rings. The van der Waals surface area contributed by atoms with E-state index in [0.717, 1.165) is 30.3 Å².